The third-order valence-electron chi connectivity index (χ3n) is 4.13. The molecule has 0 bridgehead atoms. The summed E-state index contributed by atoms with van der Waals surface area (Å²) in [5.41, 5.74) is 0.730. The molecule has 8 heteroatoms. The fourth-order valence-electron chi connectivity index (χ4n) is 2.79. The molecule has 1 aromatic carbocycles. The third kappa shape index (κ3) is 4.39. The fourth-order valence-corrected chi connectivity index (χ4v) is 5.70. The van der Waals surface area contributed by atoms with Crippen molar-refractivity contribution in [1.29, 1.82) is 0 Å². The number of nitrogens with one attached hydrogen (secondary N) is 2. The molecular weight excluding hydrogens is 358 g/mol. The van der Waals surface area contributed by atoms with Crippen molar-refractivity contribution in [2.75, 3.05) is 18.4 Å². The Bertz CT molecular complexity index is 826. The Balaban J connectivity index is 1.52. The van der Waals surface area contributed by atoms with Gasteiger partial charge in [0, 0.05) is 29.7 Å². The van der Waals surface area contributed by atoms with Crippen LogP contribution in [0.5, 0.6) is 0 Å². The van der Waals surface area contributed by atoms with E-state index in [2.05, 4.69) is 10.6 Å². The van der Waals surface area contributed by atoms with Gasteiger partial charge in [0.2, 0.25) is 0 Å². The molecule has 0 aliphatic carbocycles. The number of sulfonamides is 1. The average molecular weight is 380 g/mol. The van der Waals surface area contributed by atoms with Gasteiger partial charge in [0.15, 0.2) is 0 Å². The molecule has 1 aliphatic heterocycles. The predicted octanol–water partition coefficient (Wildman–Crippen LogP) is 3.03. The normalized spacial score (nSPS) is 16.5. The first kappa shape index (κ1) is 17.9. The van der Waals surface area contributed by atoms with Crippen LogP contribution < -0.4 is 10.6 Å². The molecule has 0 unspecified atom stereocenters. The van der Waals surface area contributed by atoms with Crippen LogP contribution >= 0.6 is 11.3 Å². The highest BCUT2D eigenvalue weighted by molar-refractivity contribution is 7.91. The Morgan fingerprint density at radius 2 is 1.80 bits per heavy atom. The Labute approximate surface area is 151 Å². The molecule has 1 aliphatic rings. The minimum absolute atomic E-state index is 0.0276. The maximum Gasteiger partial charge on any atom is 0.319 e. The van der Waals surface area contributed by atoms with Gasteiger partial charge in [-0.3, -0.25) is 0 Å². The lowest BCUT2D eigenvalue weighted by Crippen LogP contribution is -2.47. The van der Waals surface area contributed by atoms with E-state index in [0.717, 1.165) is 10.6 Å². The van der Waals surface area contributed by atoms with Crippen molar-refractivity contribution >= 4 is 33.1 Å². The predicted molar refractivity (Wildman–Crippen MR) is 99.4 cm³/mol. The maximum atomic E-state index is 12.6. The summed E-state index contributed by atoms with van der Waals surface area (Å²) in [6.07, 6.45) is 1.21. The summed E-state index contributed by atoms with van der Waals surface area (Å²) >= 11 is 1.29. The molecular formula is C17H21N3O3S2. The number of rotatable bonds is 4. The van der Waals surface area contributed by atoms with E-state index in [1.54, 1.807) is 6.07 Å². The second kappa shape index (κ2) is 7.55. The molecule has 1 fully saturated rings. The van der Waals surface area contributed by atoms with E-state index in [1.165, 1.54) is 15.6 Å². The van der Waals surface area contributed by atoms with Gasteiger partial charge in [-0.1, -0.05) is 18.2 Å². The van der Waals surface area contributed by atoms with Gasteiger partial charge in [-0.25, -0.2) is 13.2 Å². The molecule has 2 heterocycles. The number of carbonyl (C=O) groups is 1. The standard InChI is InChI=1S/C17H21N3O3S2/c1-13-7-8-16(24-13)25(22,23)20-11-9-15(10-12-20)19-17(21)18-14-5-3-2-4-6-14/h2-8,15H,9-12H2,1H3,(H2,18,19,21). The Morgan fingerprint density at radius 1 is 1.12 bits per heavy atom. The molecule has 0 spiro atoms. The van der Waals surface area contributed by atoms with Crippen molar-refractivity contribution in [3.8, 4) is 0 Å². The summed E-state index contributed by atoms with van der Waals surface area (Å²) in [5.74, 6) is 0. The molecule has 0 radical (unpaired) electrons. The summed E-state index contributed by atoms with van der Waals surface area (Å²) in [6, 6.07) is 12.4. The van der Waals surface area contributed by atoms with Crippen molar-refractivity contribution in [3.05, 3.63) is 47.3 Å². The second-order valence-electron chi connectivity index (χ2n) is 6.01. The van der Waals surface area contributed by atoms with Crippen LogP contribution in [-0.2, 0) is 10.0 Å². The van der Waals surface area contributed by atoms with Crippen LogP contribution in [0.25, 0.3) is 0 Å². The number of para-hydroxylation sites is 1. The van der Waals surface area contributed by atoms with E-state index >= 15 is 0 Å². The molecule has 1 saturated heterocycles. The van der Waals surface area contributed by atoms with E-state index in [4.69, 9.17) is 0 Å². The van der Waals surface area contributed by atoms with Crippen LogP contribution in [0.15, 0.2) is 46.7 Å². The highest BCUT2D eigenvalue weighted by atomic mass is 32.2. The second-order valence-corrected chi connectivity index (χ2v) is 9.46. The molecule has 2 aromatic rings. The summed E-state index contributed by atoms with van der Waals surface area (Å²) in [7, 11) is -3.42. The fraction of sp³-hybridized carbons (Fsp3) is 0.353. The quantitative estimate of drug-likeness (QED) is 0.857. The Hall–Kier alpha value is -1.90. The molecule has 2 amide bonds. The number of aryl methyl sites for hydroxylation is 1. The first-order valence-corrected chi connectivity index (χ1v) is 10.4. The van der Waals surface area contributed by atoms with Crippen molar-refractivity contribution in [2.45, 2.75) is 30.0 Å². The zero-order valence-electron chi connectivity index (χ0n) is 13.9. The van der Waals surface area contributed by atoms with Crippen LogP contribution in [0, 0.1) is 6.92 Å². The molecule has 0 atom stereocenters. The van der Waals surface area contributed by atoms with Crippen LogP contribution in [0.1, 0.15) is 17.7 Å². The van der Waals surface area contributed by atoms with Gasteiger partial charge >= 0.3 is 6.03 Å². The number of hydrogen-bond acceptors (Lipinski definition) is 4. The van der Waals surface area contributed by atoms with Crippen LogP contribution in [0.2, 0.25) is 0 Å². The molecule has 3 rings (SSSR count). The number of carbonyl (C=O) groups excluding carboxylic acids is 1. The number of urea groups is 1. The van der Waals surface area contributed by atoms with E-state index in [0.29, 0.717) is 30.1 Å². The van der Waals surface area contributed by atoms with Gasteiger partial charge in [-0.15, -0.1) is 11.3 Å². The zero-order valence-corrected chi connectivity index (χ0v) is 15.6. The van der Waals surface area contributed by atoms with Crippen LogP contribution in [-0.4, -0.2) is 37.9 Å². The number of anilines is 1. The van der Waals surface area contributed by atoms with E-state index in [1.807, 2.05) is 43.3 Å². The SMILES string of the molecule is Cc1ccc(S(=O)(=O)N2CCC(NC(=O)Nc3ccccc3)CC2)s1. The summed E-state index contributed by atoms with van der Waals surface area (Å²) in [6.45, 7) is 2.72. The van der Waals surface area contributed by atoms with Gasteiger partial charge < -0.3 is 10.6 Å². The first-order chi connectivity index (χ1) is 11.9. The smallest absolute Gasteiger partial charge is 0.319 e. The summed E-state index contributed by atoms with van der Waals surface area (Å²) < 4.78 is 27.1. The van der Waals surface area contributed by atoms with Gasteiger partial charge in [0.1, 0.15) is 4.21 Å². The third-order valence-corrected chi connectivity index (χ3v) is 7.50. The van der Waals surface area contributed by atoms with Gasteiger partial charge in [0.05, 0.1) is 0 Å². The Morgan fingerprint density at radius 3 is 2.40 bits per heavy atom. The van der Waals surface area contributed by atoms with Crippen molar-refractivity contribution in [1.82, 2.24) is 9.62 Å². The monoisotopic (exact) mass is 379 g/mol. The topological polar surface area (TPSA) is 78.5 Å². The minimum atomic E-state index is -3.42. The molecule has 6 nitrogen and oxygen atoms in total. The number of nitrogens with zero attached hydrogens (tertiary/aromatic N) is 1. The van der Waals surface area contributed by atoms with Gasteiger partial charge in [-0.05, 0) is 44.0 Å². The number of hydrogen-bond donors (Lipinski definition) is 2. The van der Waals surface area contributed by atoms with Gasteiger partial charge in [-0.2, -0.15) is 4.31 Å². The molecule has 25 heavy (non-hydrogen) atoms. The van der Waals surface area contributed by atoms with E-state index < -0.39 is 10.0 Å². The lowest BCUT2D eigenvalue weighted by atomic mass is 10.1. The number of benzene rings is 1. The van der Waals surface area contributed by atoms with Gasteiger partial charge in [0.25, 0.3) is 10.0 Å². The Kier molecular flexibility index (Phi) is 5.41. The first-order valence-electron chi connectivity index (χ1n) is 8.14. The minimum Gasteiger partial charge on any atom is -0.335 e. The zero-order chi connectivity index (χ0) is 17.9. The van der Waals surface area contributed by atoms with Crippen molar-refractivity contribution < 1.29 is 13.2 Å². The number of amides is 2. The number of thiophene rings is 1. The van der Waals surface area contributed by atoms with Crippen molar-refractivity contribution in [2.24, 2.45) is 0 Å². The van der Waals surface area contributed by atoms with E-state index in [9.17, 15) is 13.2 Å². The lowest BCUT2D eigenvalue weighted by Gasteiger charge is -2.31. The summed E-state index contributed by atoms with van der Waals surface area (Å²) in [5, 5.41) is 5.69. The highest BCUT2D eigenvalue weighted by Gasteiger charge is 2.30. The van der Waals surface area contributed by atoms with Crippen LogP contribution in [0.3, 0.4) is 0 Å². The largest absolute Gasteiger partial charge is 0.335 e. The average Bonchev–Trinajstić information content (AvgIpc) is 3.03. The molecule has 1 aromatic heterocycles. The highest BCUT2D eigenvalue weighted by Crippen LogP contribution is 2.26. The summed E-state index contributed by atoms with van der Waals surface area (Å²) in [4.78, 5) is 13.0. The van der Waals surface area contributed by atoms with Crippen LogP contribution in [0.4, 0.5) is 10.5 Å². The molecule has 2 N–H and O–H groups in total. The maximum absolute atomic E-state index is 12.6. The lowest BCUT2D eigenvalue weighted by molar-refractivity contribution is 0.238. The van der Waals surface area contributed by atoms with E-state index in [-0.39, 0.29) is 12.1 Å². The number of piperidine rings is 1. The van der Waals surface area contributed by atoms with Crippen molar-refractivity contribution in [3.63, 3.8) is 0 Å². The molecule has 134 valence electrons. The molecule has 0 saturated carbocycles.